The van der Waals surface area contributed by atoms with Crippen molar-refractivity contribution in [1.82, 2.24) is 4.90 Å². The lowest BCUT2D eigenvalue weighted by Gasteiger charge is -2.13. The zero-order chi connectivity index (χ0) is 16.1. The van der Waals surface area contributed by atoms with Crippen molar-refractivity contribution in [3.63, 3.8) is 0 Å². The molecule has 0 bridgehead atoms. The SMILES string of the molecule is CN(C)CCC1=C2c3ccccc3CC2c2c(F)cc(F)cc21. The number of rotatable bonds is 3. The summed E-state index contributed by atoms with van der Waals surface area (Å²) >= 11 is 0. The van der Waals surface area contributed by atoms with E-state index in [0.29, 0.717) is 5.56 Å². The molecule has 2 aromatic rings. The summed E-state index contributed by atoms with van der Waals surface area (Å²) in [6, 6.07) is 10.8. The van der Waals surface area contributed by atoms with E-state index >= 15 is 0 Å². The molecule has 0 aromatic heterocycles. The van der Waals surface area contributed by atoms with E-state index in [9.17, 15) is 8.78 Å². The van der Waals surface area contributed by atoms with Gasteiger partial charge in [0.25, 0.3) is 0 Å². The first-order valence-corrected chi connectivity index (χ1v) is 8.01. The van der Waals surface area contributed by atoms with Crippen molar-refractivity contribution in [2.75, 3.05) is 20.6 Å². The average Bonchev–Trinajstić information content (AvgIpc) is 2.99. The van der Waals surface area contributed by atoms with Crippen LogP contribution in [0.3, 0.4) is 0 Å². The molecule has 0 heterocycles. The average molecular weight is 311 g/mol. The molecule has 0 radical (unpaired) electrons. The summed E-state index contributed by atoms with van der Waals surface area (Å²) in [6.07, 6.45) is 1.62. The summed E-state index contributed by atoms with van der Waals surface area (Å²) in [5, 5.41) is 0. The molecule has 1 nitrogen and oxygen atoms in total. The van der Waals surface area contributed by atoms with Gasteiger partial charge in [0.2, 0.25) is 0 Å². The predicted molar refractivity (Wildman–Crippen MR) is 89.2 cm³/mol. The fourth-order valence-electron chi connectivity index (χ4n) is 4.03. The van der Waals surface area contributed by atoms with Crippen LogP contribution < -0.4 is 0 Å². The lowest BCUT2D eigenvalue weighted by atomic mass is 9.95. The zero-order valence-electron chi connectivity index (χ0n) is 13.4. The van der Waals surface area contributed by atoms with E-state index in [1.807, 2.05) is 26.2 Å². The first kappa shape index (κ1) is 14.6. The van der Waals surface area contributed by atoms with Crippen LogP contribution in [0.4, 0.5) is 8.78 Å². The van der Waals surface area contributed by atoms with E-state index in [1.54, 1.807) is 0 Å². The third-order valence-corrected chi connectivity index (χ3v) is 4.98. The van der Waals surface area contributed by atoms with E-state index in [-0.39, 0.29) is 5.92 Å². The minimum Gasteiger partial charge on any atom is -0.309 e. The molecule has 2 aromatic carbocycles. The van der Waals surface area contributed by atoms with E-state index in [0.717, 1.165) is 36.6 Å². The van der Waals surface area contributed by atoms with Crippen molar-refractivity contribution in [2.45, 2.75) is 18.8 Å². The fraction of sp³-hybridized carbons (Fsp3) is 0.300. The predicted octanol–water partition coefficient (Wildman–Crippen LogP) is 4.48. The van der Waals surface area contributed by atoms with Crippen LogP contribution in [0, 0.1) is 11.6 Å². The Morgan fingerprint density at radius 2 is 1.87 bits per heavy atom. The summed E-state index contributed by atoms with van der Waals surface area (Å²) in [4.78, 5) is 2.11. The van der Waals surface area contributed by atoms with Gasteiger partial charge in [-0.25, -0.2) is 8.78 Å². The normalized spacial score (nSPS) is 18.4. The quantitative estimate of drug-likeness (QED) is 0.808. The molecule has 0 amide bonds. The number of halogens is 2. The second kappa shape index (κ2) is 5.27. The molecule has 2 aliphatic carbocycles. The van der Waals surface area contributed by atoms with Crippen molar-refractivity contribution in [3.05, 3.63) is 70.3 Å². The Morgan fingerprint density at radius 1 is 1.09 bits per heavy atom. The Balaban J connectivity index is 1.92. The van der Waals surface area contributed by atoms with Crippen LogP contribution >= 0.6 is 0 Å². The minimum absolute atomic E-state index is 0.0418. The Hall–Kier alpha value is -2.00. The van der Waals surface area contributed by atoms with Crippen molar-refractivity contribution >= 4 is 11.1 Å². The van der Waals surface area contributed by atoms with Gasteiger partial charge < -0.3 is 4.90 Å². The van der Waals surface area contributed by atoms with Crippen molar-refractivity contribution in [2.24, 2.45) is 0 Å². The molecule has 23 heavy (non-hydrogen) atoms. The Labute approximate surface area is 135 Å². The standard InChI is InChI=1S/C20H19F2N/c1-23(2)8-7-15-16-10-13(21)11-18(22)20(16)17-9-12-5-3-4-6-14(12)19(15)17/h3-6,10-11,17H,7-9H2,1-2H3. The van der Waals surface area contributed by atoms with Gasteiger partial charge in [-0.1, -0.05) is 24.3 Å². The Morgan fingerprint density at radius 3 is 2.65 bits per heavy atom. The number of fused-ring (bicyclic) bond motifs is 5. The summed E-state index contributed by atoms with van der Waals surface area (Å²) in [5.41, 5.74) is 6.26. The molecule has 3 heteroatoms. The van der Waals surface area contributed by atoms with Gasteiger partial charge in [-0.2, -0.15) is 0 Å². The summed E-state index contributed by atoms with van der Waals surface area (Å²) in [7, 11) is 4.04. The molecule has 0 saturated heterocycles. The molecule has 4 rings (SSSR count). The highest BCUT2D eigenvalue weighted by Gasteiger charge is 2.39. The molecular weight excluding hydrogens is 292 g/mol. The number of hydrogen-bond donors (Lipinski definition) is 0. The second-order valence-corrected chi connectivity index (χ2v) is 6.71. The molecule has 0 aliphatic heterocycles. The zero-order valence-corrected chi connectivity index (χ0v) is 13.4. The topological polar surface area (TPSA) is 3.24 Å². The maximum atomic E-state index is 14.5. The summed E-state index contributed by atoms with van der Waals surface area (Å²) in [5.74, 6) is -0.854. The first-order chi connectivity index (χ1) is 11.1. The lowest BCUT2D eigenvalue weighted by molar-refractivity contribution is 0.419. The van der Waals surface area contributed by atoms with Gasteiger partial charge in [0, 0.05) is 24.1 Å². The molecule has 0 N–H and O–H groups in total. The van der Waals surface area contributed by atoms with Gasteiger partial charge in [0.15, 0.2) is 0 Å². The monoisotopic (exact) mass is 311 g/mol. The van der Waals surface area contributed by atoms with Gasteiger partial charge in [-0.15, -0.1) is 0 Å². The number of hydrogen-bond acceptors (Lipinski definition) is 1. The summed E-state index contributed by atoms with van der Waals surface area (Å²) < 4.78 is 28.3. The molecule has 1 unspecified atom stereocenters. The van der Waals surface area contributed by atoms with Crippen molar-refractivity contribution in [1.29, 1.82) is 0 Å². The van der Waals surface area contributed by atoms with Crippen LogP contribution in [0.1, 0.15) is 34.6 Å². The molecule has 1 atom stereocenters. The molecule has 0 spiro atoms. The maximum Gasteiger partial charge on any atom is 0.130 e. The third kappa shape index (κ3) is 2.22. The van der Waals surface area contributed by atoms with Gasteiger partial charge in [0.1, 0.15) is 11.6 Å². The van der Waals surface area contributed by atoms with Crippen molar-refractivity contribution < 1.29 is 8.78 Å². The van der Waals surface area contributed by atoms with E-state index in [4.69, 9.17) is 0 Å². The van der Waals surface area contributed by atoms with E-state index in [2.05, 4.69) is 17.0 Å². The lowest BCUT2D eigenvalue weighted by Crippen LogP contribution is -2.13. The maximum absolute atomic E-state index is 14.5. The number of nitrogens with zero attached hydrogens (tertiary/aromatic N) is 1. The number of allylic oxidation sites excluding steroid dienone is 1. The van der Waals surface area contributed by atoms with Crippen molar-refractivity contribution in [3.8, 4) is 0 Å². The van der Waals surface area contributed by atoms with Crippen LogP contribution in [0.15, 0.2) is 36.4 Å². The Kier molecular flexibility index (Phi) is 3.34. The van der Waals surface area contributed by atoms with Crippen LogP contribution in [0.2, 0.25) is 0 Å². The Bertz CT molecular complexity index is 820. The molecular formula is C20H19F2N. The van der Waals surface area contributed by atoms with Crippen LogP contribution in [-0.4, -0.2) is 25.5 Å². The summed E-state index contributed by atoms with van der Waals surface area (Å²) in [6.45, 7) is 0.866. The molecule has 2 aliphatic rings. The molecule has 0 fully saturated rings. The highest BCUT2D eigenvalue weighted by molar-refractivity contribution is 6.02. The molecule has 118 valence electrons. The molecule has 0 saturated carbocycles. The van der Waals surface area contributed by atoms with E-state index < -0.39 is 11.6 Å². The number of benzene rings is 2. The third-order valence-electron chi connectivity index (χ3n) is 4.98. The first-order valence-electron chi connectivity index (χ1n) is 8.01. The van der Waals surface area contributed by atoms with Gasteiger partial charge >= 0.3 is 0 Å². The highest BCUT2D eigenvalue weighted by atomic mass is 19.1. The van der Waals surface area contributed by atoms with E-state index in [1.165, 1.54) is 22.8 Å². The smallest absolute Gasteiger partial charge is 0.130 e. The largest absolute Gasteiger partial charge is 0.309 e. The van der Waals surface area contributed by atoms with Crippen LogP contribution in [-0.2, 0) is 6.42 Å². The van der Waals surface area contributed by atoms with Crippen LogP contribution in [0.5, 0.6) is 0 Å². The highest BCUT2D eigenvalue weighted by Crippen LogP contribution is 2.55. The van der Waals surface area contributed by atoms with Gasteiger partial charge in [0.05, 0.1) is 0 Å². The second-order valence-electron chi connectivity index (χ2n) is 6.71. The van der Waals surface area contributed by atoms with Gasteiger partial charge in [-0.05, 0) is 60.8 Å². The fourth-order valence-corrected chi connectivity index (χ4v) is 4.03. The van der Waals surface area contributed by atoms with Gasteiger partial charge in [-0.3, -0.25) is 0 Å². The minimum atomic E-state index is -0.488. The van der Waals surface area contributed by atoms with Crippen LogP contribution in [0.25, 0.3) is 11.1 Å².